The number of benzene rings is 1. The third kappa shape index (κ3) is 2.23. The van der Waals surface area contributed by atoms with Gasteiger partial charge in [-0.2, -0.15) is 0 Å². The van der Waals surface area contributed by atoms with Gasteiger partial charge in [-0.15, -0.1) is 0 Å². The molecule has 1 N–H and O–H groups in total. The summed E-state index contributed by atoms with van der Waals surface area (Å²) < 4.78 is 10.9. The summed E-state index contributed by atoms with van der Waals surface area (Å²) in [6.45, 7) is 4.06. The zero-order valence-corrected chi connectivity index (χ0v) is 12.3. The first-order valence-electron chi connectivity index (χ1n) is 6.81. The first-order chi connectivity index (χ1) is 10.1. The van der Waals surface area contributed by atoms with Crippen LogP contribution in [-0.2, 0) is 6.42 Å². The van der Waals surface area contributed by atoms with E-state index in [1.807, 2.05) is 26.0 Å². The van der Waals surface area contributed by atoms with Gasteiger partial charge in [-0.05, 0) is 38.5 Å². The molecule has 0 radical (unpaired) electrons. The molecule has 3 aromatic rings. The number of furan rings is 1. The number of nitrogens with zero attached hydrogens (tertiary/aromatic N) is 1. The van der Waals surface area contributed by atoms with E-state index in [9.17, 15) is 5.11 Å². The minimum absolute atomic E-state index is 0.237. The molecule has 4 nitrogen and oxygen atoms in total. The highest BCUT2D eigenvalue weighted by atomic mass is 16.5. The summed E-state index contributed by atoms with van der Waals surface area (Å²) in [5.74, 6) is 0.961. The van der Waals surface area contributed by atoms with E-state index in [1.54, 1.807) is 19.4 Å². The van der Waals surface area contributed by atoms with Crippen molar-refractivity contribution in [3.63, 3.8) is 0 Å². The summed E-state index contributed by atoms with van der Waals surface area (Å²) in [5.41, 5.74) is 3.21. The lowest BCUT2D eigenvalue weighted by atomic mass is 10.0. The zero-order valence-electron chi connectivity index (χ0n) is 12.3. The van der Waals surface area contributed by atoms with Crippen LogP contribution < -0.4 is 4.74 Å². The third-order valence-corrected chi connectivity index (χ3v) is 3.52. The Morgan fingerprint density at radius 1 is 1.29 bits per heavy atom. The van der Waals surface area contributed by atoms with Crippen molar-refractivity contribution in [2.45, 2.75) is 20.3 Å². The molecule has 2 aromatic heterocycles. The van der Waals surface area contributed by atoms with Gasteiger partial charge in [0.05, 0.1) is 24.3 Å². The van der Waals surface area contributed by atoms with E-state index in [0.29, 0.717) is 17.7 Å². The Balaban J connectivity index is 2.36. The summed E-state index contributed by atoms with van der Waals surface area (Å²) in [5, 5.41) is 11.9. The first-order valence-corrected chi connectivity index (χ1v) is 6.81. The topological polar surface area (TPSA) is 55.5 Å². The maximum absolute atomic E-state index is 10.2. The fourth-order valence-electron chi connectivity index (χ4n) is 2.47. The number of methoxy groups -OCH3 is 1. The lowest BCUT2D eigenvalue weighted by Crippen LogP contribution is -1.94. The predicted octanol–water partition coefficient (Wildman–Crippen LogP) is 4.20. The Morgan fingerprint density at radius 3 is 2.81 bits per heavy atom. The van der Waals surface area contributed by atoms with Gasteiger partial charge in [0.25, 0.3) is 0 Å². The lowest BCUT2D eigenvalue weighted by Gasteiger charge is -2.10. The minimum atomic E-state index is 0.237. The molecule has 0 amide bonds. The minimum Gasteiger partial charge on any atom is -0.508 e. The Bertz CT molecular complexity index is 842. The number of aromatic hydroxyl groups is 1. The fraction of sp³-hybridized carbons (Fsp3) is 0.235. The van der Waals surface area contributed by atoms with Crippen LogP contribution >= 0.6 is 0 Å². The van der Waals surface area contributed by atoms with Crippen molar-refractivity contribution in [2.24, 2.45) is 0 Å². The molecule has 0 spiro atoms. The second kappa shape index (κ2) is 5.13. The monoisotopic (exact) mass is 283 g/mol. The third-order valence-electron chi connectivity index (χ3n) is 3.52. The van der Waals surface area contributed by atoms with Gasteiger partial charge in [0, 0.05) is 10.9 Å². The second-order valence-corrected chi connectivity index (χ2v) is 5.23. The number of fused-ring (bicyclic) bond motifs is 2. The van der Waals surface area contributed by atoms with Crippen LogP contribution in [0.1, 0.15) is 19.4 Å². The number of rotatable bonds is 3. The van der Waals surface area contributed by atoms with Crippen LogP contribution in [-0.4, -0.2) is 17.2 Å². The number of phenols is 1. The SMILES string of the molecule is COc1c2ccoc2nc2c(CC=C(C)C)c(O)ccc12. The molecule has 0 aliphatic heterocycles. The summed E-state index contributed by atoms with van der Waals surface area (Å²) in [6, 6.07) is 5.35. The highest BCUT2D eigenvalue weighted by molar-refractivity contribution is 6.01. The van der Waals surface area contributed by atoms with E-state index in [0.717, 1.165) is 22.1 Å². The average Bonchev–Trinajstić information content (AvgIpc) is 2.91. The van der Waals surface area contributed by atoms with Crippen LogP contribution in [0.15, 0.2) is 40.5 Å². The molecular formula is C17H17NO3. The van der Waals surface area contributed by atoms with Crippen molar-refractivity contribution < 1.29 is 14.3 Å². The number of ether oxygens (including phenoxy) is 1. The van der Waals surface area contributed by atoms with Gasteiger partial charge in [0.1, 0.15) is 11.5 Å². The van der Waals surface area contributed by atoms with Crippen molar-refractivity contribution in [3.05, 3.63) is 41.7 Å². The molecule has 0 unspecified atom stereocenters. The van der Waals surface area contributed by atoms with Crippen LogP contribution in [0.3, 0.4) is 0 Å². The molecule has 0 bridgehead atoms. The van der Waals surface area contributed by atoms with Crippen molar-refractivity contribution in [1.82, 2.24) is 4.98 Å². The van der Waals surface area contributed by atoms with Gasteiger partial charge in [-0.1, -0.05) is 11.6 Å². The predicted molar refractivity (Wildman–Crippen MR) is 82.9 cm³/mol. The van der Waals surface area contributed by atoms with E-state index >= 15 is 0 Å². The fourth-order valence-corrected chi connectivity index (χ4v) is 2.47. The molecule has 0 saturated heterocycles. The van der Waals surface area contributed by atoms with E-state index in [1.165, 1.54) is 5.57 Å². The Morgan fingerprint density at radius 2 is 2.10 bits per heavy atom. The number of allylic oxidation sites excluding steroid dienone is 2. The van der Waals surface area contributed by atoms with Crippen LogP contribution in [0.25, 0.3) is 22.0 Å². The number of pyridine rings is 1. The normalized spacial score (nSPS) is 11.0. The number of aromatic nitrogens is 1. The van der Waals surface area contributed by atoms with Gasteiger partial charge in [0.2, 0.25) is 5.71 Å². The average molecular weight is 283 g/mol. The molecule has 0 aliphatic rings. The zero-order chi connectivity index (χ0) is 15.0. The molecule has 1 aromatic carbocycles. The van der Waals surface area contributed by atoms with Crippen LogP contribution in [0.2, 0.25) is 0 Å². The van der Waals surface area contributed by atoms with Gasteiger partial charge < -0.3 is 14.3 Å². The van der Waals surface area contributed by atoms with E-state index in [2.05, 4.69) is 11.1 Å². The molecular weight excluding hydrogens is 266 g/mol. The Kier molecular flexibility index (Phi) is 3.29. The molecule has 2 heterocycles. The second-order valence-electron chi connectivity index (χ2n) is 5.23. The largest absolute Gasteiger partial charge is 0.508 e. The van der Waals surface area contributed by atoms with Crippen molar-refractivity contribution in [2.75, 3.05) is 7.11 Å². The first kappa shape index (κ1) is 13.5. The lowest BCUT2D eigenvalue weighted by molar-refractivity contribution is 0.424. The number of hydrogen-bond acceptors (Lipinski definition) is 4. The summed E-state index contributed by atoms with van der Waals surface area (Å²) in [4.78, 5) is 4.55. The molecule has 0 atom stereocenters. The number of hydrogen-bond donors (Lipinski definition) is 1. The highest BCUT2D eigenvalue weighted by Gasteiger charge is 2.16. The molecule has 0 aliphatic carbocycles. The quantitative estimate of drug-likeness (QED) is 0.732. The smallest absolute Gasteiger partial charge is 0.230 e. The molecule has 4 heteroatoms. The van der Waals surface area contributed by atoms with E-state index in [-0.39, 0.29) is 5.75 Å². The van der Waals surface area contributed by atoms with Crippen LogP contribution in [0, 0.1) is 0 Å². The summed E-state index contributed by atoms with van der Waals surface area (Å²) in [7, 11) is 1.63. The summed E-state index contributed by atoms with van der Waals surface area (Å²) >= 11 is 0. The van der Waals surface area contributed by atoms with Gasteiger partial charge in [0.15, 0.2) is 0 Å². The molecule has 108 valence electrons. The molecule has 21 heavy (non-hydrogen) atoms. The van der Waals surface area contributed by atoms with Gasteiger partial charge in [-0.25, -0.2) is 4.98 Å². The van der Waals surface area contributed by atoms with E-state index < -0.39 is 0 Å². The number of phenolic OH excluding ortho intramolecular Hbond substituents is 1. The Labute approximate surface area is 122 Å². The maximum atomic E-state index is 10.2. The highest BCUT2D eigenvalue weighted by Crippen LogP contribution is 2.37. The van der Waals surface area contributed by atoms with Gasteiger partial charge >= 0.3 is 0 Å². The summed E-state index contributed by atoms with van der Waals surface area (Å²) in [6.07, 6.45) is 4.28. The standard InChI is InChI=1S/C17H17NO3/c1-10(2)4-5-11-14(19)7-6-12-15(11)18-17-13(8-9-21-17)16(12)20-3/h4,6-9,19H,5H2,1-3H3. The van der Waals surface area contributed by atoms with Crippen molar-refractivity contribution in [3.8, 4) is 11.5 Å². The molecule has 0 fully saturated rings. The molecule has 0 saturated carbocycles. The van der Waals surface area contributed by atoms with Crippen LogP contribution in [0.5, 0.6) is 11.5 Å². The molecule has 3 rings (SSSR count). The Hall–Kier alpha value is -2.49. The van der Waals surface area contributed by atoms with Gasteiger partial charge in [-0.3, -0.25) is 0 Å². The van der Waals surface area contributed by atoms with E-state index in [4.69, 9.17) is 9.15 Å². The maximum Gasteiger partial charge on any atom is 0.230 e. The van der Waals surface area contributed by atoms with Crippen molar-refractivity contribution >= 4 is 22.0 Å². The van der Waals surface area contributed by atoms with Crippen LogP contribution in [0.4, 0.5) is 0 Å². The van der Waals surface area contributed by atoms with Crippen molar-refractivity contribution in [1.29, 1.82) is 0 Å².